The summed E-state index contributed by atoms with van der Waals surface area (Å²) in [6.07, 6.45) is -1.57. The number of rotatable bonds is 6. The highest BCUT2D eigenvalue weighted by molar-refractivity contribution is 5.85. The second-order valence-corrected chi connectivity index (χ2v) is 8.36. The van der Waals surface area contributed by atoms with Crippen LogP contribution in [0.5, 0.6) is 0 Å². The summed E-state index contributed by atoms with van der Waals surface area (Å²) in [5.41, 5.74) is 4.49. The Kier molecular flexibility index (Phi) is 6.14. The predicted octanol–water partition coefficient (Wildman–Crippen LogP) is 2.35. The molecular formula is C24H26N2O6. The molecule has 1 unspecified atom stereocenters. The van der Waals surface area contributed by atoms with Gasteiger partial charge in [-0.1, -0.05) is 48.5 Å². The number of nitrogens with zero attached hydrogens (tertiary/aromatic N) is 1. The van der Waals surface area contributed by atoms with Crippen molar-refractivity contribution in [3.05, 3.63) is 59.7 Å². The Hall–Kier alpha value is -3.39. The number of carboxylic acids is 1. The maximum Gasteiger partial charge on any atom is 0.407 e. The highest BCUT2D eigenvalue weighted by atomic mass is 16.5. The molecule has 1 fully saturated rings. The molecule has 3 N–H and O–H groups in total. The Labute approximate surface area is 185 Å². The largest absolute Gasteiger partial charge is 0.480 e. The average molecular weight is 438 g/mol. The zero-order chi connectivity index (χ0) is 22.8. The lowest BCUT2D eigenvalue weighted by Crippen LogP contribution is -2.44. The number of aliphatic carboxylic acids is 1. The Bertz CT molecular complexity index is 993. The van der Waals surface area contributed by atoms with Gasteiger partial charge in [0.1, 0.15) is 12.6 Å². The number of nitrogens with one attached hydrogen (secondary N) is 1. The molecule has 2 amide bonds. The van der Waals surface area contributed by atoms with E-state index in [1.165, 1.54) is 0 Å². The maximum atomic E-state index is 12.5. The van der Waals surface area contributed by atoms with Gasteiger partial charge in [0, 0.05) is 31.3 Å². The smallest absolute Gasteiger partial charge is 0.407 e. The first kappa shape index (κ1) is 21.8. The Morgan fingerprint density at radius 3 is 2.28 bits per heavy atom. The van der Waals surface area contributed by atoms with Crippen LogP contribution in [0.2, 0.25) is 0 Å². The van der Waals surface area contributed by atoms with Crippen molar-refractivity contribution in [3.63, 3.8) is 0 Å². The third kappa shape index (κ3) is 4.31. The number of hydrogen-bond acceptors (Lipinski definition) is 5. The zero-order valence-electron chi connectivity index (χ0n) is 17.7. The monoisotopic (exact) mass is 438 g/mol. The van der Waals surface area contributed by atoms with Crippen LogP contribution in [0.15, 0.2) is 48.5 Å². The molecule has 1 saturated heterocycles. The van der Waals surface area contributed by atoms with Crippen molar-refractivity contribution in [3.8, 4) is 11.1 Å². The van der Waals surface area contributed by atoms with Gasteiger partial charge >= 0.3 is 12.1 Å². The van der Waals surface area contributed by atoms with E-state index < -0.39 is 36.2 Å². The lowest BCUT2D eigenvalue weighted by Gasteiger charge is -2.23. The lowest BCUT2D eigenvalue weighted by molar-refractivity contribution is -0.148. The number of likely N-dealkylation sites (tertiary alicyclic amines) is 1. The summed E-state index contributed by atoms with van der Waals surface area (Å²) in [5, 5.41) is 21.6. The molecule has 168 valence electrons. The van der Waals surface area contributed by atoms with E-state index in [2.05, 4.69) is 17.4 Å². The number of amides is 2. The normalized spacial score (nSPS) is 20.4. The summed E-state index contributed by atoms with van der Waals surface area (Å²) in [6.45, 7) is 1.80. The summed E-state index contributed by atoms with van der Waals surface area (Å²) in [4.78, 5) is 37.3. The van der Waals surface area contributed by atoms with Crippen LogP contribution < -0.4 is 5.32 Å². The maximum absolute atomic E-state index is 12.5. The SMILES string of the molecule is C[C@@H](CC(=O)N1CC(O)C[C@H]1C(=O)O)NC(=O)OCC1c2ccccc2-c2ccccc21. The van der Waals surface area contributed by atoms with Crippen LogP contribution >= 0.6 is 0 Å². The van der Waals surface area contributed by atoms with Gasteiger partial charge in [0.15, 0.2) is 0 Å². The number of benzene rings is 2. The van der Waals surface area contributed by atoms with E-state index in [4.69, 9.17) is 4.74 Å². The van der Waals surface area contributed by atoms with E-state index in [1.807, 2.05) is 36.4 Å². The molecule has 0 bridgehead atoms. The van der Waals surface area contributed by atoms with Gasteiger partial charge in [0.2, 0.25) is 5.91 Å². The van der Waals surface area contributed by atoms with Gasteiger partial charge in [-0.3, -0.25) is 4.79 Å². The number of ether oxygens (including phenoxy) is 1. The first-order valence-corrected chi connectivity index (χ1v) is 10.7. The molecule has 2 aromatic carbocycles. The van der Waals surface area contributed by atoms with Gasteiger partial charge in [0.25, 0.3) is 0 Å². The Balaban J connectivity index is 1.33. The van der Waals surface area contributed by atoms with Crippen molar-refractivity contribution >= 4 is 18.0 Å². The summed E-state index contributed by atoms with van der Waals surface area (Å²) in [6, 6.07) is 14.5. The molecule has 4 rings (SSSR count). The number of fused-ring (bicyclic) bond motifs is 3. The van der Waals surface area contributed by atoms with E-state index in [0.717, 1.165) is 27.2 Å². The van der Waals surface area contributed by atoms with E-state index >= 15 is 0 Å². The summed E-state index contributed by atoms with van der Waals surface area (Å²) in [5.74, 6) is -1.64. The van der Waals surface area contributed by atoms with Crippen molar-refractivity contribution < 1.29 is 29.3 Å². The van der Waals surface area contributed by atoms with Crippen molar-refractivity contribution in [2.75, 3.05) is 13.2 Å². The van der Waals surface area contributed by atoms with Crippen LogP contribution in [-0.2, 0) is 14.3 Å². The van der Waals surface area contributed by atoms with Crippen molar-refractivity contribution in [1.82, 2.24) is 10.2 Å². The number of aliphatic hydroxyl groups is 1. The molecule has 1 aliphatic heterocycles. The second-order valence-electron chi connectivity index (χ2n) is 8.36. The quantitative estimate of drug-likeness (QED) is 0.638. The van der Waals surface area contributed by atoms with Crippen LogP contribution in [-0.4, -0.2) is 64.4 Å². The first-order valence-electron chi connectivity index (χ1n) is 10.7. The zero-order valence-corrected chi connectivity index (χ0v) is 17.7. The highest BCUT2D eigenvalue weighted by Gasteiger charge is 2.39. The molecular weight excluding hydrogens is 412 g/mol. The fourth-order valence-electron chi connectivity index (χ4n) is 4.60. The molecule has 32 heavy (non-hydrogen) atoms. The van der Waals surface area contributed by atoms with Crippen molar-refractivity contribution in [1.29, 1.82) is 0 Å². The number of hydrogen-bond donors (Lipinski definition) is 3. The van der Waals surface area contributed by atoms with E-state index in [1.54, 1.807) is 6.92 Å². The van der Waals surface area contributed by atoms with Crippen molar-refractivity contribution in [2.24, 2.45) is 0 Å². The van der Waals surface area contributed by atoms with E-state index in [-0.39, 0.29) is 31.9 Å². The first-order chi connectivity index (χ1) is 15.3. The minimum absolute atomic E-state index is 0.00919. The summed E-state index contributed by atoms with van der Waals surface area (Å²) >= 11 is 0. The van der Waals surface area contributed by atoms with Crippen molar-refractivity contribution in [2.45, 2.75) is 43.9 Å². The van der Waals surface area contributed by atoms with Gasteiger partial charge in [-0.25, -0.2) is 9.59 Å². The minimum atomic E-state index is -1.15. The Morgan fingerprint density at radius 1 is 1.09 bits per heavy atom. The molecule has 8 heteroatoms. The number of carbonyl (C=O) groups is 3. The standard InChI is InChI=1S/C24H26N2O6/c1-14(10-22(28)26-12-15(27)11-21(26)23(29)30)25-24(31)32-13-20-18-8-4-2-6-16(18)17-7-3-5-9-19(17)20/h2-9,14-15,20-21,27H,10-13H2,1H3,(H,25,31)(H,29,30)/t14-,15?,21-/m0/s1. The van der Waals surface area contributed by atoms with Crippen LogP contribution in [0, 0.1) is 0 Å². The van der Waals surface area contributed by atoms with Gasteiger partial charge in [-0.05, 0) is 29.2 Å². The van der Waals surface area contributed by atoms with Gasteiger partial charge in [-0.15, -0.1) is 0 Å². The topological polar surface area (TPSA) is 116 Å². The molecule has 0 radical (unpaired) electrons. The van der Waals surface area contributed by atoms with Gasteiger partial charge in [-0.2, -0.15) is 0 Å². The molecule has 0 saturated carbocycles. The third-order valence-corrected chi connectivity index (χ3v) is 6.07. The van der Waals surface area contributed by atoms with Gasteiger partial charge in [0.05, 0.1) is 6.10 Å². The summed E-state index contributed by atoms with van der Waals surface area (Å²) < 4.78 is 5.48. The minimum Gasteiger partial charge on any atom is -0.480 e. The molecule has 3 atom stereocenters. The van der Waals surface area contributed by atoms with Gasteiger partial charge < -0.3 is 25.2 Å². The number of alkyl carbamates (subject to hydrolysis) is 1. The molecule has 0 aromatic heterocycles. The van der Waals surface area contributed by atoms with Crippen LogP contribution in [0.25, 0.3) is 11.1 Å². The average Bonchev–Trinajstić information content (AvgIpc) is 3.31. The fourth-order valence-corrected chi connectivity index (χ4v) is 4.60. The molecule has 1 heterocycles. The number of carboxylic acid groups (broad SMARTS) is 1. The van der Waals surface area contributed by atoms with E-state index in [0.29, 0.717) is 0 Å². The number of β-amino-alcohol motifs (C(OH)–C–C–N with tert-alkyl or cyclic N) is 1. The second kappa shape index (κ2) is 9.00. The molecule has 8 nitrogen and oxygen atoms in total. The number of carbonyl (C=O) groups excluding carboxylic acids is 2. The molecule has 1 aliphatic carbocycles. The predicted molar refractivity (Wildman–Crippen MR) is 116 cm³/mol. The molecule has 0 spiro atoms. The van der Waals surface area contributed by atoms with Crippen LogP contribution in [0.1, 0.15) is 36.8 Å². The fraction of sp³-hybridized carbons (Fsp3) is 0.375. The van der Waals surface area contributed by atoms with Crippen LogP contribution in [0.3, 0.4) is 0 Å². The summed E-state index contributed by atoms with van der Waals surface area (Å²) in [7, 11) is 0. The highest BCUT2D eigenvalue weighted by Crippen LogP contribution is 2.44. The third-order valence-electron chi connectivity index (χ3n) is 6.07. The molecule has 2 aromatic rings. The van der Waals surface area contributed by atoms with E-state index in [9.17, 15) is 24.6 Å². The van der Waals surface area contributed by atoms with Crippen LogP contribution in [0.4, 0.5) is 4.79 Å². The number of aliphatic hydroxyl groups excluding tert-OH is 1. The Morgan fingerprint density at radius 2 is 1.69 bits per heavy atom. The lowest BCUT2D eigenvalue weighted by atomic mass is 9.98. The molecule has 2 aliphatic rings.